The van der Waals surface area contributed by atoms with Gasteiger partial charge in [0.2, 0.25) is 0 Å². The fourth-order valence-electron chi connectivity index (χ4n) is 3.05. The Kier molecular flexibility index (Phi) is 5.45. The van der Waals surface area contributed by atoms with Gasteiger partial charge in [0.05, 0.1) is 12.3 Å². The summed E-state index contributed by atoms with van der Waals surface area (Å²) < 4.78 is 49.3. The van der Waals surface area contributed by atoms with Crippen molar-refractivity contribution in [2.45, 2.75) is 48.0 Å². The summed E-state index contributed by atoms with van der Waals surface area (Å²) in [6, 6.07) is 5.21. The van der Waals surface area contributed by atoms with Gasteiger partial charge in [-0.3, -0.25) is 0 Å². The number of hydrogen-bond donors (Lipinski definition) is 2. The Labute approximate surface area is 147 Å². The minimum absolute atomic E-state index is 0.0597. The third-order valence-corrected chi connectivity index (χ3v) is 4.94. The molecule has 138 valence electrons. The number of halogens is 3. The molecule has 1 aliphatic carbocycles. The van der Waals surface area contributed by atoms with Crippen LogP contribution in [-0.4, -0.2) is 36.6 Å². The number of para-hydroxylation sites is 1. The van der Waals surface area contributed by atoms with E-state index < -0.39 is 17.3 Å². The number of anilines is 1. The van der Waals surface area contributed by atoms with Gasteiger partial charge in [-0.05, 0) is 36.7 Å². The topological polar surface area (TPSA) is 59.6 Å². The normalized spacial score (nSPS) is 22.3. The van der Waals surface area contributed by atoms with Crippen molar-refractivity contribution in [2.24, 2.45) is 0 Å². The zero-order chi connectivity index (χ0) is 17.9. The second kappa shape index (κ2) is 7.43. The fourth-order valence-corrected chi connectivity index (χ4v) is 3.67. The van der Waals surface area contributed by atoms with Crippen LogP contribution < -0.4 is 10.6 Å². The zero-order valence-corrected chi connectivity index (χ0v) is 14.2. The van der Waals surface area contributed by atoms with Gasteiger partial charge >= 0.3 is 11.5 Å². The summed E-state index contributed by atoms with van der Waals surface area (Å²) in [6.07, 6.45) is 3.60. The molecule has 1 saturated heterocycles. The summed E-state index contributed by atoms with van der Waals surface area (Å²) in [7, 11) is 0. The van der Waals surface area contributed by atoms with Crippen LogP contribution in [0, 0.1) is 0 Å². The smallest absolute Gasteiger partial charge is 0.347 e. The monoisotopic (exact) mass is 376 g/mol. The summed E-state index contributed by atoms with van der Waals surface area (Å²) in [5.41, 5.74) is -4.31. The number of benzene rings is 1. The molecule has 0 radical (unpaired) electrons. The zero-order valence-electron chi connectivity index (χ0n) is 13.4. The van der Waals surface area contributed by atoms with E-state index in [9.17, 15) is 18.0 Å². The Morgan fingerprint density at radius 1 is 1.28 bits per heavy atom. The van der Waals surface area contributed by atoms with Gasteiger partial charge in [-0.25, -0.2) is 4.79 Å². The number of urea groups is 1. The van der Waals surface area contributed by atoms with E-state index in [2.05, 4.69) is 10.6 Å². The highest BCUT2D eigenvalue weighted by Crippen LogP contribution is 2.40. The third-order valence-electron chi connectivity index (χ3n) is 4.13. The molecule has 2 aliphatic rings. The van der Waals surface area contributed by atoms with Gasteiger partial charge < -0.3 is 20.1 Å². The van der Waals surface area contributed by atoms with Crippen LogP contribution in [0.4, 0.5) is 23.7 Å². The first-order valence-electron chi connectivity index (χ1n) is 8.07. The molecule has 9 heteroatoms. The third kappa shape index (κ3) is 5.02. The average molecular weight is 376 g/mol. The largest absolute Gasteiger partial charge is 0.446 e. The fraction of sp³-hybridized carbons (Fsp3) is 0.562. The molecule has 5 nitrogen and oxygen atoms in total. The number of thioether (sulfide) groups is 1. The number of carbonyl (C=O) groups is 1. The lowest BCUT2D eigenvalue weighted by atomic mass is 10.2. The average Bonchev–Trinajstić information content (AvgIpc) is 3.16. The highest BCUT2D eigenvalue weighted by molar-refractivity contribution is 8.00. The minimum atomic E-state index is -4.42. The van der Waals surface area contributed by atoms with E-state index in [-0.39, 0.29) is 35.0 Å². The first kappa shape index (κ1) is 18.3. The number of carbonyl (C=O) groups excluding carboxylic acids is 1. The second-order valence-corrected chi connectivity index (χ2v) is 7.15. The number of nitrogens with one attached hydrogen (secondary N) is 2. The van der Waals surface area contributed by atoms with E-state index in [4.69, 9.17) is 9.47 Å². The summed E-state index contributed by atoms with van der Waals surface area (Å²) in [5.74, 6) is -0.501. The Hall–Kier alpha value is -1.45. The van der Waals surface area contributed by atoms with Gasteiger partial charge in [0.1, 0.15) is 6.10 Å². The van der Waals surface area contributed by atoms with Crippen molar-refractivity contribution < 1.29 is 27.4 Å². The van der Waals surface area contributed by atoms with E-state index in [1.165, 1.54) is 18.2 Å². The molecule has 1 aromatic rings. The van der Waals surface area contributed by atoms with Crippen molar-refractivity contribution in [1.29, 1.82) is 0 Å². The van der Waals surface area contributed by atoms with Crippen molar-refractivity contribution in [3.8, 4) is 0 Å². The number of ether oxygens (including phenoxy) is 2. The molecule has 2 amide bonds. The van der Waals surface area contributed by atoms with Crippen LogP contribution in [0.5, 0.6) is 0 Å². The Balaban J connectivity index is 1.50. The van der Waals surface area contributed by atoms with Crippen molar-refractivity contribution in [2.75, 3.05) is 18.5 Å². The molecule has 1 spiro atoms. The predicted octanol–water partition coefficient (Wildman–Crippen LogP) is 4.11. The molecule has 2 fully saturated rings. The van der Waals surface area contributed by atoms with Crippen LogP contribution in [0.25, 0.3) is 0 Å². The lowest BCUT2D eigenvalue weighted by Crippen LogP contribution is -2.37. The molecular formula is C16H19F3N2O3S. The SMILES string of the molecule is O=C(NCC1COC2(CCCC2)O1)Nc1ccccc1SC(F)(F)F. The van der Waals surface area contributed by atoms with Crippen molar-refractivity contribution in [3.05, 3.63) is 24.3 Å². The van der Waals surface area contributed by atoms with Crippen LogP contribution >= 0.6 is 11.8 Å². The predicted molar refractivity (Wildman–Crippen MR) is 87.4 cm³/mol. The molecule has 1 aromatic carbocycles. The summed E-state index contributed by atoms with van der Waals surface area (Å²) >= 11 is -0.262. The number of alkyl halides is 3. The van der Waals surface area contributed by atoms with E-state index in [0.29, 0.717) is 6.61 Å². The van der Waals surface area contributed by atoms with Crippen molar-refractivity contribution >= 4 is 23.5 Å². The van der Waals surface area contributed by atoms with E-state index >= 15 is 0 Å². The van der Waals surface area contributed by atoms with Crippen molar-refractivity contribution in [3.63, 3.8) is 0 Å². The summed E-state index contributed by atoms with van der Waals surface area (Å²) in [4.78, 5) is 11.9. The van der Waals surface area contributed by atoms with Gasteiger partial charge in [0, 0.05) is 24.3 Å². The first-order chi connectivity index (χ1) is 11.9. The van der Waals surface area contributed by atoms with Crippen LogP contribution in [-0.2, 0) is 9.47 Å². The van der Waals surface area contributed by atoms with Crippen LogP contribution in [0.15, 0.2) is 29.2 Å². The Morgan fingerprint density at radius 3 is 2.72 bits per heavy atom. The molecule has 25 heavy (non-hydrogen) atoms. The van der Waals surface area contributed by atoms with Gasteiger partial charge in [0.15, 0.2) is 5.79 Å². The standard InChI is InChI=1S/C16H19F3N2O3S/c17-16(18,19)25-13-6-2-1-5-12(13)21-14(22)20-9-11-10-23-15(24-11)7-3-4-8-15/h1-2,5-6,11H,3-4,7-10H2,(H2,20,21,22). The maximum absolute atomic E-state index is 12.6. The van der Waals surface area contributed by atoms with Gasteiger partial charge in [-0.1, -0.05) is 12.1 Å². The molecule has 1 unspecified atom stereocenters. The molecule has 0 bridgehead atoms. The molecular weight excluding hydrogens is 357 g/mol. The van der Waals surface area contributed by atoms with E-state index in [0.717, 1.165) is 25.7 Å². The second-order valence-electron chi connectivity index (χ2n) is 6.05. The highest BCUT2D eigenvalue weighted by Gasteiger charge is 2.43. The van der Waals surface area contributed by atoms with Crippen molar-refractivity contribution in [1.82, 2.24) is 5.32 Å². The minimum Gasteiger partial charge on any atom is -0.347 e. The molecule has 2 N–H and O–H groups in total. The first-order valence-corrected chi connectivity index (χ1v) is 8.88. The Bertz CT molecular complexity index is 621. The van der Waals surface area contributed by atoms with E-state index in [1.807, 2.05) is 0 Å². The van der Waals surface area contributed by atoms with E-state index in [1.54, 1.807) is 6.07 Å². The van der Waals surface area contributed by atoms with Crippen LogP contribution in [0.3, 0.4) is 0 Å². The molecule has 1 atom stereocenters. The number of amides is 2. The highest BCUT2D eigenvalue weighted by atomic mass is 32.2. The maximum atomic E-state index is 12.6. The lowest BCUT2D eigenvalue weighted by molar-refractivity contribution is -0.160. The molecule has 1 aliphatic heterocycles. The van der Waals surface area contributed by atoms with Crippen LogP contribution in [0.2, 0.25) is 0 Å². The van der Waals surface area contributed by atoms with Gasteiger partial charge in [-0.15, -0.1) is 0 Å². The van der Waals surface area contributed by atoms with Gasteiger partial charge in [0.25, 0.3) is 0 Å². The molecule has 3 rings (SSSR count). The molecule has 1 saturated carbocycles. The lowest BCUT2D eigenvalue weighted by Gasteiger charge is -2.22. The van der Waals surface area contributed by atoms with Gasteiger partial charge in [-0.2, -0.15) is 13.2 Å². The summed E-state index contributed by atoms with van der Waals surface area (Å²) in [5, 5.41) is 5.07. The van der Waals surface area contributed by atoms with Crippen LogP contribution in [0.1, 0.15) is 25.7 Å². The molecule has 0 aromatic heterocycles. The summed E-state index contributed by atoms with van der Waals surface area (Å²) in [6.45, 7) is 0.642. The Morgan fingerprint density at radius 2 is 2.00 bits per heavy atom. The molecule has 1 heterocycles. The maximum Gasteiger partial charge on any atom is 0.446 e. The number of hydrogen-bond acceptors (Lipinski definition) is 4. The quantitative estimate of drug-likeness (QED) is 0.777. The number of rotatable bonds is 4.